The van der Waals surface area contributed by atoms with Crippen molar-refractivity contribution in [3.05, 3.63) is 17.8 Å². The maximum absolute atomic E-state index is 6.02. The summed E-state index contributed by atoms with van der Waals surface area (Å²) in [6, 6.07) is 0. The van der Waals surface area contributed by atoms with Gasteiger partial charge in [0.25, 0.3) is 0 Å². The minimum Gasteiger partial charge on any atom is -0.394 e. The van der Waals surface area contributed by atoms with Crippen LogP contribution in [-0.2, 0) is 7.05 Å². The second-order valence-electron chi connectivity index (χ2n) is 4.24. The molecule has 1 aromatic heterocycles. The smallest absolute Gasteiger partial charge is 0.148 e. The number of anilines is 2. The molecule has 0 aliphatic heterocycles. The summed E-state index contributed by atoms with van der Waals surface area (Å²) in [5.74, 6) is 1.22. The SMILES string of the molecule is C=C(C)CNc1c(N)c(C(C)C)nn1C. The van der Waals surface area contributed by atoms with Crippen LogP contribution in [0, 0.1) is 0 Å². The Labute approximate surface area is 91.2 Å². The molecule has 0 unspecified atom stereocenters. The monoisotopic (exact) mass is 208 g/mol. The Balaban J connectivity index is 2.92. The van der Waals surface area contributed by atoms with Crippen LogP contribution >= 0.6 is 0 Å². The maximum atomic E-state index is 6.02. The second kappa shape index (κ2) is 4.38. The van der Waals surface area contributed by atoms with Gasteiger partial charge in [0.2, 0.25) is 0 Å². The maximum Gasteiger partial charge on any atom is 0.148 e. The van der Waals surface area contributed by atoms with Crippen LogP contribution in [0.15, 0.2) is 12.2 Å². The van der Waals surface area contributed by atoms with Gasteiger partial charge in [0.05, 0.1) is 11.4 Å². The average molecular weight is 208 g/mol. The molecule has 84 valence electrons. The summed E-state index contributed by atoms with van der Waals surface area (Å²) in [5, 5.41) is 7.62. The summed E-state index contributed by atoms with van der Waals surface area (Å²) in [6.45, 7) is 10.7. The van der Waals surface area contributed by atoms with E-state index in [1.165, 1.54) is 0 Å². The largest absolute Gasteiger partial charge is 0.394 e. The molecule has 0 saturated carbocycles. The summed E-state index contributed by atoms with van der Waals surface area (Å²) in [6.07, 6.45) is 0. The molecule has 0 bridgehead atoms. The number of hydrogen-bond donors (Lipinski definition) is 2. The highest BCUT2D eigenvalue weighted by molar-refractivity contribution is 5.65. The quantitative estimate of drug-likeness (QED) is 0.745. The lowest BCUT2D eigenvalue weighted by Crippen LogP contribution is -2.08. The Morgan fingerprint density at radius 3 is 2.60 bits per heavy atom. The van der Waals surface area contributed by atoms with Gasteiger partial charge >= 0.3 is 0 Å². The van der Waals surface area contributed by atoms with Crippen molar-refractivity contribution in [1.29, 1.82) is 0 Å². The zero-order valence-electron chi connectivity index (χ0n) is 9.96. The lowest BCUT2D eigenvalue weighted by Gasteiger charge is -2.07. The van der Waals surface area contributed by atoms with E-state index in [9.17, 15) is 0 Å². The van der Waals surface area contributed by atoms with E-state index >= 15 is 0 Å². The van der Waals surface area contributed by atoms with Gasteiger partial charge in [-0.15, -0.1) is 0 Å². The molecule has 4 heteroatoms. The standard InChI is InChI=1S/C11H20N4/c1-7(2)6-13-11-9(12)10(8(3)4)14-15(11)5/h8,13H,1,6,12H2,2-5H3. The van der Waals surface area contributed by atoms with Crippen molar-refractivity contribution in [1.82, 2.24) is 9.78 Å². The van der Waals surface area contributed by atoms with E-state index in [2.05, 4.69) is 30.8 Å². The average Bonchev–Trinajstić information content (AvgIpc) is 2.39. The van der Waals surface area contributed by atoms with Crippen LogP contribution in [0.25, 0.3) is 0 Å². The topological polar surface area (TPSA) is 55.9 Å². The van der Waals surface area contributed by atoms with Crippen molar-refractivity contribution in [2.24, 2.45) is 7.05 Å². The van der Waals surface area contributed by atoms with Crippen molar-refractivity contribution in [3.63, 3.8) is 0 Å². The molecule has 0 radical (unpaired) electrons. The van der Waals surface area contributed by atoms with Gasteiger partial charge in [-0.3, -0.25) is 4.68 Å². The summed E-state index contributed by atoms with van der Waals surface area (Å²) in [5.41, 5.74) is 8.78. The molecule has 4 nitrogen and oxygen atoms in total. The number of nitrogens with one attached hydrogen (secondary N) is 1. The molecule has 1 aromatic rings. The first kappa shape index (κ1) is 11.6. The molecule has 15 heavy (non-hydrogen) atoms. The Morgan fingerprint density at radius 1 is 1.60 bits per heavy atom. The highest BCUT2D eigenvalue weighted by atomic mass is 15.3. The van der Waals surface area contributed by atoms with Crippen molar-refractivity contribution in [2.45, 2.75) is 26.7 Å². The number of nitrogens with two attached hydrogens (primary N) is 1. The third-order valence-corrected chi connectivity index (χ3v) is 2.22. The molecule has 0 amide bonds. The molecule has 0 spiro atoms. The predicted octanol–water partition coefficient (Wildman–Crippen LogP) is 2.11. The molecular weight excluding hydrogens is 188 g/mol. The molecule has 0 atom stereocenters. The Morgan fingerprint density at radius 2 is 2.20 bits per heavy atom. The fourth-order valence-electron chi connectivity index (χ4n) is 1.43. The molecule has 3 N–H and O–H groups in total. The predicted molar refractivity (Wildman–Crippen MR) is 65.0 cm³/mol. The molecular formula is C11H20N4. The molecule has 1 heterocycles. The van der Waals surface area contributed by atoms with Crippen LogP contribution in [0.1, 0.15) is 32.4 Å². The van der Waals surface area contributed by atoms with Gasteiger partial charge in [-0.1, -0.05) is 26.0 Å². The summed E-state index contributed by atoms with van der Waals surface area (Å²) in [7, 11) is 1.89. The highest BCUT2D eigenvalue weighted by Crippen LogP contribution is 2.27. The summed E-state index contributed by atoms with van der Waals surface area (Å²) < 4.78 is 1.79. The van der Waals surface area contributed by atoms with Crippen molar-refractivity contribution in [3.8, 4) is 0 Å². The minimum atomic E-state index is 0.344. The summed E-state index contributed by atoms with van der Waals surface area (Å²) >= 11 is 0. The number of nitrogen functional groups attached to an aromatic ring is 1. The Hall–Kier alpha value is -1.45. The first-order valence-electron chi connectivity index (χ1n) is 5.14. The van der Waals surface area contributed by atoms with E-state index in [-0.39, 0.29) is 0 Å². The van der Waals surface area contributed by atoms with Crippen LogP contribution in [-0.4, -0.2) is 16.3 Å². The minimum absolute atomic E-state index is 0.344. The molecule has 0 saturated heterocycles. The van der Waals surface area contributed by atoms with E-state index < -0.39 is 0 Å². The number of nitrogens with zero attached hydrogens (tertiary/aromatic N) is 2. The van der Waals surface area contributed by atoms with Crippen LogP contribution in [0.2, 0.25) is 0 Å². The van der Waals surface area contributed by atoms with E-state index in [1.807, 2.05) is 14.0 Å². The lowest BCUT2D eigenvalue weighted by atomic mass is 10.1. The van der Waals surface area contributed by atoms with Gasteiger partial charge in [0, 0.05) is 13.6 Å². The van der Waals surface area contributed by atoms with Crippen LogP contribution in [0.4, 0.5) is 11.5 Å². The number of aromatic nitrogens is 2. The van der Waals surface area contributed by atoms with Crippen molar-refractivity contribution < 1.29 is 0 Å². The third kappa shape index (κ3) is 2.52. The molecule has 0 aromatic carbocycles. The van der Waals surface area contributed by atoms with Crippen LogP contribution in [0.3, 0.4) is 0 Å². The van der Waals surface area contributed by atoms with Gasteiger partial charge in [0.1, 0.15) is 5.82 Å². The van der Waals surface area contributed by atoms with Crippen LogP contribution in [0.5, 0.6) is 0 Å². The van der Waals surface area contributed by atoms with Crippen LogP contribution < -0.4 is 11.1 Å². The molecule has 0 aliphatic carbocycles. The van der Waals surface area contributed by atoms with Gasteiger partial charge in [-0.2, -0.15) is 5.10 Å². The van der Waals surface area contributed by atoms with E-state index in [4.69, 9.17) is 5.73 Å². The lowest BCUT2D eigenvalue weighted by molar-refractivity contribution is 0.716. The normalized spacial score (nSPS) is 10.7. The Kier molecular flexibility index (Phi) is 3.39. The van der Waals surface area contributed by atoms with E-state index in [1.54, 1.807) is 4.68 Å². The van der Waals surface area contributed by atoms with E-state index in [0.29, 0.717) is 5.92 Å². The van der Waals surface area contributed by atoms with Crippen molar-refractivity contribution >= 4 is 11.5 Å². The van der Waals surface area contributed by atoms with Gasteiger partial charge in [-0.05, 0) is 12.8 Å². The van der Waals surface area contributed by atoms with Crippen molar-refractivity contribution in [2.75, 3.05) is 17.6 Å². The molecule has 1 rings (SSSR count). The number of hydrogen-bond acceptors (Lipinski definition) is 3. The second-order valence-corrected chi connectivity index (χ2v) is 4.24. The zero-order valence-corrected chi connectivity index (χ0v) is 9.96. The number of aryl methyl sites for hydroxylation is 1. The fraction of sp³-hybridized carbons (Fsp3) is 0.545. The first-order valence-corrected chi connectivity index (χ1v) is 5.14. The van der Waals surface area contributed by atoms with Gasteiger partial charge in [0.15, 0.2) is 0 Å². The fourth-order valence-corrected chi connectivity index (χ4v) is 1.43. The third-order valence-electron chi connectivity index (χ3n) is 2.22. The number of rotatable bonds is 4. The van der Waals surface area contributed by atoms with Gasteiger partial charge in [-0.25, -0.2) is 0 Å². The van der Waals surface area contributed by atoms with Gasteiger partial charge < -0.3 is 11.1 Å². The zero-order chi connectivity index (χ0) is 11.6. The highest BCUT2D eigenvalue weighted by Gasteiger charge is 2.15. The summed E-state index contributed by atoms with van der Waals surface area (Å²) in [4.78, 5) is 0. The van der Waals surface area contributed by atoms with E-state index in [0.717, 1.165) is 29.3 Å². The molecule has 0 aliphatic rings. The first-order chi connectivity index (χ1) is 6.93. The molecule has 0 fully saturated rings. The Bertz CT molecular complexity index is 363.